The summed E-state index contributed by atoms with van der Waals surface area (Å²) in [5.41, 5.74) is 3.34. The van der Waals surface area contributed by atoms with E-state index in [2.05, 4.69) is 0 Å². The molecular formula is C34H32N2O3. The smallest absolute Gasteiger partial charge is 0.418 e. The number of hydrogen-bond acceptors (Lipinski definition) is 4. The molecule has 1 unspecified atom stereocenters. The third kappa shape index (κ3) is 5.13. The van der Waals surface area contributed by atoms with Gasteiger partial charge in [-0.3, -0.25) is 9.79 Å². The molecule has 5 nitrogen and oxygen atoms in total. The number of rotatable bonds is 8. The lowest BCUT2D eigenvalue weighted by Gasteiger charge is -2.37. The van der Waals surface area contributed by atoms with Gasteiger partial charge in [-0.2, -0.15) is 0 Å². The van der Waals surface area contributed by atoms with Gasteiger partial charge in [-0.25, -0.2) is 9.69 Å². The SMILES string of the molecule is CC(C)C1N(C(=O)CCN=C(c2ccccc2)c2ccccc2)C(=O)OC1(c1ccccc1)c1ccccc1. The summed E-state index contributed by atoms with van der Waals surface area (Å²) in [4.78, 5) is 33.4. The van der Waals surface area contributed by atoms with Crippen LogP contribution in [-0.2, 0) is 15.1 Å². The summed E-state index contributed by atoms with van der Waals surface area (Å²) in [6, 6.07) is 38.7. The monoisotopic (exact) mass is 516 g/mol. The first kappa shape index (κ1) is 26.1. The zero-order chi connectivity index (χ0) is 27.2. The first-order chi connectivity index (χ1) is 19.0. The highest BCUT2D eigenvalue weighted by atomic mass is 16.6. The number of nitrogens with zero attached hydrogens (tertiary/aromatic N) is 2. The summed E-state index contributed by atoms with van der Waals surface area (Å²) < 4.78 is 6.23. The van der Waals surface area contributed by atoms with E-state index in [4.69, 9.17) is 9.73 Å². The van der Waals surface area contributed by atoms with E-state index >= 15 is 0 Å². The van der Waals surface area contributed by atoms with Crippen molar-refractivity contribution in [2.75, 3.05) is 6.54 Å². The van der Waals surface area contributed by atoms with Crippen molar-refractivity contribution in [3.63, 3.8) is 0 Å². The van der Waals surface area contributed by atoms with Crippen molar-refractivity contribution < 1.29 is 14.3 Å². The highest BCUT2D eigenvalue weighted by Gasteiger charge is 2.59. The van der Waals surface area contributed by atoms with Crippen LogP contribution in [0.3, 0.4) is 0 Å². The number of hydrogen-bond donors (Lipinski definition) is 0. The number of benzene rings is 4. The Morgan fingerprint density at radius 1 is 0.769 bits per heavy atom. The van der Waals surface area contributed by atoms with E-state index in [1.54, 1.807) is 0 Å². The molecule has 39 heavy (non-hydrogen) atoms. The van der Waals surface area contributed by atoms with Crippen LogP contribution in [0.2, 0.25) is 0 Å². The van der Waals surface area contributed by atoms with Gasteiger partial charge in [-0.05, 0) is 5.92 Å². The largest absolute Gasteiger partial charge is 0.430 e. The summed E-state index contributed by atoms with van der Waals surface area (Å²) >= 11 is 0. The Morgan fingerprint density at radius 3 is 1.64 bits per heavy atom. The van der Waals surface area contributed by atoms with Gasteiger partial charge in [-0.15, -0.1) is 0 Å². The van der Waals surface area contributed by atoms with Gasteiger partial charge in [-0.1, -0.05) is 135 Å². The Kier molecular flexibility index (Phi) is 7.69. The zero-order valence-electron chi connectivity index (χ0n) is 22.2. The zero-order valence-corrected chi connectivity index (χ0v) is 22.2. The van der Waals surface area contributed by atoms with E-state index in [1.807, 2.05) is 135 Å². The van der Waals surface area contributed by atoms with Gasteiger partial charge in [0, 0.05) is 35.2 Å². The first-order valence-electron chi connectivity index (χ1n) is 13.3. The van der Waals surface area contributed by atoms with E-state index in [0.29, 0.717) is 0 Å². The Labute approximate surface area is 229 Å². The third-order valence-corrected chi connectivity index (χ3v) is 7.14. The maximum absolute atomic E-state index is 13.7. The summed E-state index contributed by atoms with van der Waals surface area (Å²) in [6.45, 7) is 4.29. The number of aliphatic imine (C=N–C) groups is 1. The van der Waals surface area contributed by atoms with E-state index in [-0.39, 0.29) is 24.8 Å². The van der Waals surface area contributed by atoms with E-state index < -0.39 is 17.7 Å². The van der Waals surface area contributed by atoms with Gasteiger partial charge in [0.1, 0.15) is 0 Å². The van der Waals surface area contributed by atoms with Crippen LogP contribution in [0.15, 0.2) is 126 Å². The predicted molar refractivity (Wildman–Crippen MR) is 154 cm³/mol. The molecule has 0 spiro atoms. The van der Waals surface area contributed by atoms with Gasteiger partial charge in [0.25, 0.3) is 0 Å². The molecule has 5 rings (SSSR count). The molecule has 196 valence electrons. The van der Waals surface area contributed by atoms with Crippen LogP contribution in [-0.4, -0.2) is 35.2 Å². The van der Waals surface area contributed by atoms with E-state index in [0.717, 1.165) is 28.0 Å². The lowest BCUT2D eigenvalue weighted by atomic mass is 9.75. The number of cyclic esters (lactones) is 1. The average molecular weight is 517 g/mol. The average Bonchev–Trinajstić information content (AvgIpc) is 3.31. The number of amides is 2. The standard InChI is InChI=1S/C34H32N2O3/c1-25(2)32-34(28-19-11-5-12-20-28,29-21-13-6-14-22-29)39-33(38)36(32)30(37)23-24-35-31(26-15-7-3-8-16-26)27-17-9-4-10-18-27/h3-22,25,32H,23-24H2,1-2H3. The first-order valence-corrected chi connectivity index (χ1v) is 13.3. The molecule has 0 bridgehead atoms. The second-order valence-corrected chi connectivity index (χ2v) is 10.0. The van der Waals surface area contributed by atoms with Crippen molar-refractivity contribution in [1.29, 1.82) is 0 Å². The minimum absolute atomic E-state index is 0.0616. The summed E-state index contributed by atoms with van der Waals surface area (Å²) in [5, 5.41) is 0. The molecular weight excluding hydrogens is 484 g/mol. The molecule has 1 fully saturated rings. The minimum Gasteiger partial charge on any atom is -0.430 e. The van der Waals surface area contributed by atoms with Gasteiger partial charge in [0.05, 0.1) is 11.8 Å². The van der Waals surface area contributed by atoms with Crippen LogP contribution in [0.25, 0.3) is 0 Å². The predicted octanol–water partition coefficient (Wildman–Crippen LogP) is 6.86. The molecule has 1 saturated heterocycles. The summed E-state index contributed by atoms with van der Waals surface area (Å²) in [6.07, 6.45) is -0.539. The molecule has 1 aliphatic heterocycles. The molecule has 0 aliphatic carbocycles. The highest BCUT2D eigenvalue weighted by Crippen LogP contribution is 2.47. The Balaban J connectivity index is 1.47. The molecule has 0 saturated carbocycles. The summed E-state index contributed by atoms with van der Waals surface area (Å²) in [7, 11) is 0. The van der Waals surface area contributed by atoms with E-state index in [1.165, 1.54) is 4.90 Å². The molecule has 1 atom stereocenters. The Bertz CT molecular complexity index is 1350. The maximum Gasteiger partial charge on any atom is 0.418 e. The lowest BCUT2D eigenvalue weighted by molar-refractivity contribution is -0.130. The molecule has 4 aromatic rings. The molecule has 4 aromatic carbocycles. The maximum atomic E-state index is 13.7. The van der Waals surface area contributed by atoms with Crippen LogP contribution in [0.5, 0.6) is 0 Å². The van der Waals surface area contributed by atoms with Crippen molar-refractivity contribution in [2.45, 2.75) is 31.9 Å². The lowest BCUT2D eigenvalue weighted by Crippen LogP contribution is -2.49. The van der Waals surface area contributed by atoms with Crippen molar-refractivity contribution >= 4 is 17.7 Å². The van der Waals surface area contributed by atoms with Crippen LogP contribution >= 0.6 is 0 Å². The van der Waals surface area contributed by atoms with Crippen molar-refractivity contribution in [2.24, 2.45) is 10.9 Å². The summed E-state index contributed by atoms with van der Waals surface area (Å²) in [5.74, 6) is -0.356. The number of imide groups is 1. The Hall–Kier alpha value is -4.51. The molecule has 5 heteroatoms. The fraction of sp³-hybridized carbons (Fsp3) is 0.206. The quantitative estimate of drug-likeness (QED) is 0.240. The van der Waals surface area contributed by atoms with Gasteiger partial charge < -0.3 is 4.74 Å². The normalized spacial score (nSPS) is 16.1. The topological polar surface area (TPSA) is 59.0 Å². The Morgan fingerprint density at radius 2 is 1.21 bits per heavy atom. The van der Waals surface area contributed by atoms with Gasteiger partial charge in [0.15, 0.2) is 5.60 Å². The fourth-order valence-electron chi connectivity index (χ4n) is 5.49. The van der Waals surface area contributed by atoms with E-state index in [9.17, 15) is 9.59 Å². The second-order valence-electron chi connectivity index (χ2n) is 10.0. The number of carbonyl (C=O) groups is 2. The van der Waals surface area contributed by atoms with Crippen molar-refractivity contribution in [1.82, 2.24) is 4.90 Å². The van der Waals surface area contributed by atoms with Gasteiger partial charge >= 0.3 is 6.09 Å². The van der Waals surface area contributed by atoms with Crippen LogP contribution in [0, 0.1) is 5.92 Å². The third-order valence-electron chi connectivity index (χ3n) is 7.14. The van der Waals surface area contributed by atoms with Crippen LogP contribution in [0.1, 0.15) is 42.5 Å². The molecule has 1 heterocycles. The molecule has 1 aliphatic rings. The molecule has 0 radical (unpaired) electrons. The number of carbonyl (C=O) groups excluding carboxylic acids is 2. The van der Waals surface area contributed by atoms with Gasteiger partial charge in [0.2, 0.25) is 5.91 Å². The molecule has 2 amide bonds. The van der Waals surface area contributed by atoms with Crippen molar-refractivity contribution in [3.05, 3.63) is 144 Å². The van der Waals surface area contributed by atoms with Crippen LogP contribution < -0.4 is 0 Å². The highest BCUT2D eigenvalue weighted by molar-refractivity contribution is 6.13. The van der Waals surface area contributed by atoms with Crippen LogP contribution in [0.4, 0.5) is 4.79 Å². The second kappa shape index (κ2) is 11.5. The van der Waals surface area contributed by atoms with Crippen molar-refractivity contribution in [3.8, 4) is 0 Å². The fourth-order valence-corrected chi connectivity index (χ4v) is 5.49. The molecule has 0 N–H and O–H groups in total. The molecule has 0 aromatic heterocycles. The minimum atomic E-state index is -1.11. The number of ether oxygens (including phenoxy) is 1.